The van der Waals surface area contributed by atoms with Crippen molar-refractivity contribution in [3.63, 3.8) is 0 Å². The van der Waals surface area contributed by atoms with Crippen LogP contribution in [-0.2, 0) is 0 Å². The van der Waals surface area contributed by atoms with Crippen LogP contribution in [0.1, 0.15) is 52.2 Å². The van der Waals surface area contributed by atoms with Crippen LogP contribution in [0.25, 0.3) is 5.69 Å². The highest BCUT2D eigenvalue weighted by Gasteiger charge is 2.29. The molecule has 6 heteroatoms. The first-order valence-electron chi connectivity index (χ1n) is 9.50. The van der Waals surface area contributed by atoms with Crippen molar-refractivity contribution in [2.75, 3.05) is 11.9 Å². The van der Waals surface area contributed by atoms with Gasteiger partial charge in [-0.25, -0.2) is 4.68 Å². The molecule has 0 bridgehead atoms. The van der Waals surface area contributed by atoms with Crippen molar-refractivity contribution >= 4 is 17.5 Å². The van der Waals surface area contributed by atoms with E-state index in [4.69, 9.17) is 0 Å². The van der Waals surface area contributed by atoms with E-state index >= 15 is 0 Å². The minimum Gasteiger partial charge on any atom is -0.352 e. The molecule has 2 aromatic carbocycles. The molecule has 3 aromatic rings. The van der Waals surface area contributed by atoms with Gasteiger partial charge in [0.25, 0.3) is 11.8 Å². The number of aromatic nitrogens is 2. The molecule has 0 aliphatic heterocycles. The lowest BCUT2D eigenvalue weighted by molar-refractivity contribution is 0.0954. The zero-order chi connectivity index (χ0) is 19.5. The van der Waals surface area contributed by atoms with Gasteiger partial charge >= 0.3 is 0 Å². The predicted octanol–water partition coefficient (Wildman–Crippen LogP) is 3.75. The Balaban J connectivity index is 1.62. The molecule has 1 aromatic heterocycles. The van der Waals surface area contributed by atoms with E-state index in [1.54, 1.807) is 28.9 Å². The molecule has 0 atom stereocenters. The van der Waals surface area contributed by atoms with E-state index in [1.807, 2.05) is 43.3 Å². The third-order valence-corrected chi connectivity index (χ3v) is 4.68. The van der Waals surface area contributed by atoms with E-state index in [9.17, 15) is 9.59 Å². The van der Waals surface area contributed by atoms with Gasteiger partial charge in [-0.2, -0.15) is 5.10 Å². The summed E-state index contributed by atoms with van der Waals surface area (Å²) < 4.78 is 1.69. The van der Waals surface area contributed by atoms with Crippen molar-refractivity contribution in [1.29, 1.82) is 0 Å². The number of anilines is 1. The van der Waals surface area contributed by atoms with Gasteiger partial charge in [0, 0.05) is 23.7 Å². The molecule has 0 radical (unpaired) electrons. The number of benzene rings is 2. The van der Waals surface area contributed by atoms with Crippen LogP contribution in [0, 0.1) is 0 Å². The summed E-state index contributed by atoms with van der Waals surface area (Å²) in [5.41, 5.74) is 3.36. The second-order valence-electron chi connectivity index (χ2n) is 6.87. The standard InChI is InChI=1S/C22H22N4O2/c1-2-23-21(27)16-7-6-8-17(13-16)24-22(28)20-14-19(15-11-12-15)25-26(20)18-9-4-3-5-10-18/h3-10,13-15H,2,11-12H2,1H3,(H,23,27)(H,24,28). The lowest BCUT2D eigenvalue weighted by Gasteiger charge is -2.09. The van der Waals surface area contributed by atoms with E-state index in [0.717, 1.165) is 24.2 Å². The highest BCUT2D eigenvalue weighted by Crippen LogP contribution is 2.39. The number of nitrogens with one attached hydrogen (secondary N) is 2. The quantitative estimate of drug-likeness (QED) is 0.690. The van der Waals surface area contributed by atoms with Crippen molar-refractivity contribution < 1.29 is 9.59 Å². The first-order chi connectivity index (χ1) is 13.7. The third-order valence-electron chi connectivity index (χ3n) is 4.68. The second kappa shape index (κ2) is 7.68. The summed E-state index contributed by atoms with van der Waals surface area (Å²) >= 11 is 0. The summed E-state index contributed by atoms with van der Waals surface area (Å²) in [4.78, 5) is 25.0. The fourth-order valence-corrected chi connectivity index (χ4v) is 3.10. The fourth-order valence-electron chi connectivity index (χ4n) is 3.10. The van der Waals surface area contributed by atoms with Crippen LogP contribution in [0.3, 0.4) is 0 Å². The van der Waals surface area contributed by atoms with Crippen molar-refractivity contribution in [2.45, 2.75) is 25.7 Å². The molecule has 1 aliphatic carbocycles. The Morgan fingerprint density at radius 2 is 1.82 bits per heavy atom. The Bertz CT molecular complexity index is 1010. The summed E-state index contributed by atoms with van der Waals surface area (Å²) in [6.07, 6.45) is 2.23. The average molecular weight is 374 g/mol. The molecular weight excluding hydrogens is 352 g/mol. The summed E-state index contributed by atoms with van der Waals surface area (Å²) in [5, 5.41) is 10.3. The third kappa shape index (κ3) is 3.81. The number of amides is 2. The average Bonchev–Trinajstić information content (AvgIpc) is 3.47. The number of nitrogens with zero attached hydrogens (tertiary/aromatic N) is 2. The normalized spacial score (nSPS) is 13.2. The first kappa shape index (κ1) is 18.0. The van der Waals surface area contributed by atoms with Gasteiger partial charge in [-0.05, 0) is 56.2 Å². The van der Waals surface area contributed by atoms with Crippen LogP contribution in [0.4, 0.5) is 5.69 Å². The van der Waals surface area contributed by atoms with E-state index in [-0.39, 0.29) is 11.8 Å². The van der Waals surface area contributed by atoms with Crippen LogP contribution in [0.5, 0.6) is 0 Å². The van der Waals surface area contributed by atoms with Gasteiger partial charge in [-0.3, -0.25) is 9.59 Å². The van der Waals surface area contributed by atoms with Crippen molar-refractivity contribution in [3.05, 3.63) is 77.6 Å². The molecule has 1 heterocycles. The number of rotatable bonds is 6. The Kier molecular flexibility index (Phi) is 4.93. The molecular formula is C22H22N4O2. The van der Waals surface area contributed by atoms with Crippen molar-refractivity contribution in [2.24, 2.45) is 0 Å². The van der Waals surface area contributed by atoms with E-state index < -0.39 is 0 Å². The zero-order valence-corrected chi connectivity index (χ0v) is 15.7. The Hall–Kier alpha value is -3.41. The maximum Gasteiger partial charge on any atom is 0.274 e. The van der Waals surface area contributed by atoms with Gasteiger partial charge in [-0.1, -0.05) is 24.3 Å². The Morgan fingerprint density at radius 1 is 1.04 bits per heavy atom. The molecule has 1 aliphatic rings. The number of para-hydroxylation sites is 1. The van der Waals surface area contributed by atoms with Crippen LogP contribution in [0.15, 0.2) is 60.7 Å². The maximum absolute atomic E-state index is 13.0. The lowest BCUT2D eigenvalue weighted by Crippen LogP contribution is -2.23. The number of hydrogen-bond acceptors (Lipinski definition) is 3. The lowest BCUT2D eigenvalue weighted by atomic mass is 10.2. The number of hydrogen-bond donors (Lipinski definition) is 2. The monoisotopic (exact) mass is 374 g/mol. The number of carbonyl (C=O) groups excluding carboxylic acids is 2. The Morgan fingerprint density at radius 3 is 2.54 bits per heavy atom. The minimum absolute atomic E-state index is 0.163. The molecule has 4 rings (SSSR count). The SMILES string of the molecule is CCNC(=O)c1cccc(NC(=O)c2cc(C3CC3)nn2-c2ccccc2)c1. The summed E-state index contributed by atoms with van der Waals surface area (Å²) in [6.45, 7) is 2.42. The molecule has 1 fully saturated rings. The maximum atomic E-state index is 13.0. The summed E-state index contributed by atoms with van der Waals surface area (Å²) in [7, 11) is 0. The van der Waals surface area contributed by atoms with Crippen LogP contribution >= 0.6 is 0 Å². The van der Waals surface area contributed by atoms with Gasteiger partial charge in [0.1, 0.15) is 5.69 Å². The Labute approximate surface area is 163 Å². The molecule has 0 unspecified atom stereocenters. The van der Waals surface area contributed by atoms with Crippen LogP contribution < -0.4 is 10.6 Å². The van der Waals surface area contributed by atoms with Crippen LogP contribution in [-0.4, -0.2) is 28.1 Å². The molecule has 142 valence electrons. The van der Waals surface area contributed by atoms with Gasteiger partial charge in [0.05, 0.1) is 11.4 Å². The van der Waals surface area contributed by atoms with E-state index in [2.05, 4.69) is 15.7 Å². The molecule has 28 heavy (non-hydrogen) atoms. The largest absolute Gasteiger partial charge is 0.352 e. The fraction of sp³-hybridized carbons (Fsp3) is 0.227. The summed E-state index contributed by atoms with van der Waals surface area (Å²) in [6, 6.07) is 18.4. The molecule has 0 saturated heterocycles. The van der Waals surface area contributed by atoms with Crippen LogP contribution in [0.2, 0.25) is 0 Å². The van der Waals surface area contributed by atoms with Crippen molar-refractivity contribution in [1.82, 2.24) is 15.1 Å². The highest BCUT2D eigenvalue weighted by molar-refractivity contribution is 6.04. The topological polar surface area (TPSA) is 76.0 Å². The smallest absolute Gasteiger partial charge is 0.274 e. The van der Waals surface area contributed by atoms with Gasteiger partial charge in [0.15, 0.2) is 0 Å². The van der Waals surface area contributed by atoms with E-state index in [1.165, 1.54) is 0 Å². The van der Waals surface area contributed by atoms with Gasteiger partial charge in [-0.15, -0.1) is 0 Å². The summed E-state index contributed by atoms with van der Waals surface area (Å²) in [5.74, 6) is 0.0258. The number of carbonyl (C=O) groups is 2. The molecule has 0 spiro atoms. The minimum atomic E-state index is -0.253. The highest BCUT2D eigenvalue weighted by atomic mass is 16.2. The van der Waals surface area contributed by atoms with Crippen molar-refractivity contribution in [3.8, 4) is 5.69 Å². The molecule has 1 saturated carbocycles. The molecule has 2 amide bonds. The van der Waals surface area contributed by atoms with Gasteiger partial charge < -0.3 is 10.6 Å². The van der Waals surface area contributed by atoms with E-state index in [0.29, 0.717) is 29.4 Å². The zero-order valence-electron chi connectivity index (χ0n) is 15.7. The molecule has 6 nitrogen and oxygen atoms in total. The van der Waals surface area contributed by atoms with Gasteiger partial charge in [0.2, 0.25) is 0 Å². The first-order valence-corrected chi connectivity index (χ1v) is 9.50. The molecule has 2 N–H and O–H groups in total. The predicted molar refractivity (Wildman–Crippen MR) is 108 cm³/mol. The second-order valence-corrected chi connectivity index (χ2v) is 6.87.